The van der Waals surface area contributed by atoms with Gasteiger partial charge in [0.25, 0.3) is 0 Å². The molecule has 0 heterocycles. The van der Waals surface area contributed by atoms with E-state index < -0.39 is 10.0 Å². The Morgan fingerprint density at radius 3 is 2.29 bits per heavy atom. The van der Waals surface area contributed by atoms with Crippen LogP contribution in [0.15, 0.2) is 0 Å². The van der Waals surface area contributed by atoms with Crippen molar-refractivity contribution in [1.82, 2.24) is 9.62 Å². The number of nitrogens with one attached hydrogen (secondary N) is 1. The standard InChI is InChI=1S/C16H32N2O2S/c1-3-14-6-10-16(11-7-14)18(2)21(19,20)13-5-4-12-17-15-8-9-15/h14-17H,3-13H2,1-2H3. The summed E-state index contributed by atoms with van der Waals surface area (Å²) in [6.07, 6.45) is 10.0. The van der Waals surface area contributed by atoms with Crippen LogP contribution in [0.5, 0.6) is 0 Å². The maximum absolute atomic E-state index is 12.4. The Kier molecular flexibility index (Phi) is 6.51. The number of unbranched alkanes of at least 4 members (excludes halogenated alkanes) is 1. The summed E-state index contributed by atoms with van der Waals surface area (Å²) >= 11 is 0. The predicted octanol–water partition coefficient (Wildman–Crippen LogP) is 2.75. The normalized spacial score (nSPS) is 27.2. The third-order valence-electron chi connectivity index (χ3n) is 5.19. The minimum absolute atomic E-state index is 0.238. The van der Waals surface area contributed by atoms with Gasteiger partial charge in [0.1, 0.15) is 0 Å². The van der Waals surface area contributed by atoms with Crippen LogP contribution in [0.3, 0.4) is 0 Å². The van der Waals surface area contributed by atoms with E-state index in [-0.39, 0.29) is 6.04 Å². The summed E-state index contributed by atoms with van der Waals surface area (Å²) in [5, 5.41) is 3.44. The highest BCUT2D eigenvalue weighted by Crippen LogP contribution is 2.30. The molecule has 21 heavy (non-hydrogen) atoms. The molecule has 1 N–H and O–H groups in total. The molecule has 0 saturated heterocycles. The largest absolute Gasteiger partial charge is 0.314 e. The zero-order chi connectivity index (χ0) is 15.3. The SMILES string of the molecule is CCC1CCC(N(C)S(=O)(=O)CCCCNC2CC2)CC1. The molecular weight excluding hydrogens is 284 g/mol. The molecule has 0 aromatic heterocycles. The summed E-state index contributed by atoms with van der Waals surface area (Å²) in [5.74, 6) is 1.12. The third kappa shape index (κ3) is 5.53. The van der Waals surface area contributed by atoms with E-state index in [4.69, 9.17) is 0 Å². The third-order valence-corrected chi connectivity index (χ3v) is 7.17. The molecule has 2 aliphatic rings. The van der Waals surface area contributed by atoms with Crippen molar-refractivity contribution in [3.8, 4) is 0 Å². The van der Waals surface area contributed by atoms with E-state index >= 15 is 0 Å². The van der Waals surface area contributed by atoms with E-state index in [2.05, 4.69) is 12.2 Å². The van der Waals surface area contributed by atoms with Crippen LogP contribution in [-0.4, -0.2) is 44.2 Å². The van der Waals surface area contributed by atoms with Crippen molar-refractivity contribution < 1.29 is 8.42 Å². The van der Waals surface area contributed by atoms with Gasteiger partial charge in [0.15, 0.2) is 0 Å². The molecule has 0 radical (unpaired) electrons. The Labute approximate surface area is 130 Å². The Bertz CT molecular complexity index is 399. The molecule has 2 rings (SSSR count). The molecule has 0 aromatic rings. The number of nitrogens with zero attached hydrogens (tertiary/aromatic N) is 1. The minimum Gasteiger partial charge on any atom is -0.314 e. The lowest BCUT2D eigenvalue weighted by Gasteiger charge is -2.33. The van der Waals surface area contributed by atoms with Gasteiger partial charge in [0, 0.05) is 19.1 Å². The number of hydrogen-bond acceptors (Lipinski definition) is 3. The highest BCUT2D eigenvalue weighted by Gasteiger charge is 2.29. The lowest BCUT2D eigenvalue weighted by Crippen LogP contribution is -2.40. The molecule has 2 fully saturated rings. The first-order valence-corrected chi connectivity index (χ1v) is 10.3. The monoisotopic (exact) mass is 316 g/mol. The van der Waals surface area contributed by atoms with Crippen molar-refractivity contribution in [2.75, 3.05) is 19.3 Å². The van der Waals surface area contributed by atoms with Gasteiger partial charge in [0.05, 0.1) is 5.75 Å². The smallest absolute Gasteiger partial charge is 0.214 e. The summed E-state index contributed by atoms with van der Waals surface area (Å²) in [6, 6.07) is 0.959. The van der Waals surface area contributed by atoms with Gasteiger partial charge in [0.2, 0.25) is 10.0 Å². The molecule has 0 aromatic carbocycles. The Morgan fingerprint density at radius 2 is 1.71 bits per heavy atom. The summed E-state index contributed by atoms with van der Waals surface area (Å²) in [5.41, 5.74) is 0. The average molecular weight is 317 g/mol. The van der Waals surface area contributed by atoms with Gasteiger partial charge >= 0.3 is 0 Å². The maximum Gasteiger partial charge on any atom is 0.214 e. The van der Waals surface area contributed by atoms with Crippen LogP contribution in [0.4, 0.5) is 0 Å². The van der Waals surface area contributed by atoms with Crippen LogP contribution in [0.2, 0.25) is 0 Å². The Morgan fingerprint density at radius 1 is 1.05 bits per heavy atom. The molecule has 0 atom stereocenters. The van der Waals surface area contributed by atoms with Gasteiger partial charge in [-0.2, -0.15) is 0 Å². The predicted molar refractivity (Wildman–Crippen MR) is 87.8 cm³/mol. The first-order valence-electron chi connectivity index (χ1n) is 8.72. The van der Waals surface area contributed by atoms with Gasteiger partial charge in [-0.1, -0.05) is 13.3 Å². The molecule has 0 unspecified atom stereocenters. The molecule has 0 aliphatic heterocycles. The molecule has 0 bridgehead atoms. The summed E-state index contributed by atoms with van der Waals surface area (Å²) < 4.78 is 26.5. The fraction of sp³-hybridized carbons (Fsp3) is 1.00. The average Bonchev–Trinajstić information content (AvgIpc) is 3.30. The lowest BCUT2D eigenvalue weighted by atomic mass is 9.85. The number of sulfonamides is 1. The van der Waals surface area contributed by atoms with Crippen molar-refractivity contribution in [1.29, 1.82) is 0 Å². The fourth-order valence-corrected chi connectivity index (χ4v) is 4.81. The van der Waals surface area contributed by atoms with Gasteiger partial charge in [-0.15, -0.1) is 0 Å². The number of rotatable bonds is 9. The molecule has 5 heteroatoms. The van der Waals surface area contributed by atoms with Crippen LogP contribution in [-0.2, 0) is 10.0 Å². The fourth-order valence-electron chi connectivity index (χ4n) is 3.29. The van der Waals surface area contributed by atoms with E-state index in [1.54, 1.807) is 11.4 Å². The first kappa shape index (κ1) is 17.2. The van der Waals surface area contributed by atoms with E-state index in [1.807, 2.05) is 0 Å². The maximum atomic E-state index is 12.4. The highest BCUT2D eigenvalue weighted by molar-refractivity contribution is 7.89. The lowest BCUT2D eigenvalue weighted by molar-refractivity contribution is 0.233. The van der Waals surface area contributed by atoms with Gasteiger partial charge in [-0.3, -0.25) is 0 Å². The van der Waals surface area contributed by atoms with Crippen molar-refractivity contribution in [2.24, 2.45) is 5.92 Å². The summed E-state index contributed by atoms with van der Waals surface area (Å²) in [7, 11) is -1.28. The van der Waals surface area contributed by atoms with Gasteiger partial charge < -0.3 is 5.32 Å². The molecule has 0 amide bonds. The second kappa shape index (κ2) is 7.93. The first-order chi connectivity index (χ1) is 10.0. The Hall–Kier alpha value is -0.130. The zero-order valence-electron chi connectivity index (χ0n) is 13.7. The number of hydrogen-bond donors (Lipinski definition) is 1. The summed E-state index contributed by atoms with van der Waals surface area (Å²) in [4.78, 5) is 0. The van der Waals surface area contributed by atoms with Gasteiger partial charge in [-0.25, -0.2) is 12.7 Å². The zero-order valence-corrected chi connectivity index (χ0v) is 14.5. The van der Waals surface area contributed by atoms with Crippen molar-refractivity contribution in [2.45, 2.75) is 76.8 Å². The molecule has 2 saturated carbocycles. The van der Waals surface area contributed by atoms with Crippen LogP contribution in [0.25, 0.3) is 0 Å². The van der Waals surface area contributed by atoms with E-state index in [0.717, 1.165) is 44.2 Å². The van der Waals surface area contributed by atoms with Crippen molar-refractivity contribution in [3.05, 3.63) is 0 Å². The van der Waals surface area contributed by atoms with Gasteiger partial charge in [-0.05, 0) is 63.8 Å². The van der Waals surface area contributed by atoms with Crippen LogP contribution < -0.4 is 5.32 Å². The van der Waals surface area contributed by atoms with Crippen LogP contribution >= 0.6 is 0 Å². The van der Waals surface area contributed by atoms with E-state index in [0.29, 0.717) is 5.75 Å². The van der Waals surface area contributed by atoms with Crippen molar-refractivity contribution in [3.63, 3.8) is 0 Å². The minimum atomic E-state index is -3.06. The van der Waals surface area contributed by atoms with Crippen LogP contribution in [0.1, 0.15) is 64.7 Å². The van der Waals surface area contributed by atoms with E-state index in [9.17, 15) is 8.42 Å². The molecule has 2 aliphatic carbocycles. The summed E-state index contributed by atoms with van der Waals surface area (Å²) in [6.45, 7) is 3.20. The Balaban J connectivity index is 1.67. The van der Waals surface area contributed by atoms with E-state index in [1.165, 1.54) is 32.1 Å². The van der Waals surface area contributed by atoms with Crippen LogP contribution in [0, 0.1) is 5.92 Å². The molecule has 4 nitrogen and oxygen atoms in total. The quantitative estimate of drug-likeness (QED) is 0.665. The molecule has 0 spiro atoms. The highest BCUT2D eigenvalue weighted by atomic mass is 32.2. The topological polar surface area (TPSA) is 49.4 Å². The second-order valence-corrected chi connectivity index (χ2v) is 9.00. The van der Waals surface area contributed by atoms with Crippen molar-refractivity contribution >= 4 is 10.0 Å². The second-order valence-electron chi connectivity index (χ2n) is 6.85. The molecular formula is C16H32N2O2S. The molecule has 124 valence electrons.